The van der Waals surface area contributed by atoms with Crippen LogP contribution in [0.25, 0.3) is 0 Å². The van der Waals surface area contributed by atoms with Crippen LogP contribution in [0.5, 0.6) is 0 Å². The van der Waals surface area contributed by atoms with Gasteiger partial charge in [0.05, 0.1) is 11.5 Å². The Balaban J connectivity index is 2.13. The lowest BCUT2D eigenvalue weighted by Crippen LogP contribution is -2.10. The number of rotatable bonds is 2. The molecule has 0 spiro atoms. The van der Waals surface area contributed by atoms with Crippen molar-refractivity contribution >= 4 is 0 Å². The lowest BCUT2D eigenvalue weighted by molar-refractivity contribution is 0.376. The summed E-state index contributed by atoms with van der Waals surface area (Å²) in [5.41, 5.74) is 8.62. The van der Waals surface area contributed by atoms with E-state index in [0.717, 1.165) is 18.4 Å². The van der Waals surface area contributed by atoms with E-state index in [-0.39, 0.29) is 0 Å². The van der Waals surface area contributed by atoms with Crippen molar-refractivity contribution in [2.75, 3.05) is 0 Å². The first-order chi connectivity index (χ1) is 7.66. The molecule has 0 atom stereocenters. The molecule has 0 aliphatic heterocycles. The molecule has 2 aliphatic rings. The van der Waals surface area contributed by atoms with E-state index in [1.54, 1.807) is 6.08 Å². The van der Waals surface area contributed by atoms with Crippen molar-refractivity contribution in [2.24, 2.45) is 5.73 Å². The Morgan fingerprint density at radius 3 is 2.56 bits per heavy atom. The molecule has 3 nitrogen and oxygen atoms in total. The van der Waals surface area contributed by atoms with Crippen LogP contribution in [0.15, 0.2) is 46.6 Å². The maximum Gasteiger partial charge on any atom is 0.0981 e. The van der Waals surface area contributed by atoms with Gasteiger partial charge in [-0.3, -0.25) is 0 Å². The van der Waals surface area contributed by atoms with Gasteiger partial charge in [-0.25, -0.2) is 0 Å². The summed E-state index contributed by atoms with van der Waals surface area (Å²) in [6, 6.07) is 0. The monoisotopic (exact) mass is 219 g/mol. The molecule has 0 aromatic carbocycles. The van der Waals surface area contributed by atoms with Gasteiger partial charge >= 0.3 is 0 Å². The molecule has 3 heteroatoms. The summed E-state index contributed by atoms with van der Waals surface area (Å²) in [6.45, 7) is 0. The van der Waals surface area contributed by atoms with E-state index in [2.05, 4.69) is 0 Å². The smallest absolute Gasteiger partial charge is 0.0981 e. The van der Waals surface area contributed by atoms with Gasteiger partial charge in [0.15, 0.2) is 0 Å². The van der Waals surface area contributed by atoms with Gasteiger partial charge in [-0.15, -0.1) is 0 Å². The molecule has 0 amide bonds. The third-order valence-corrected chi connectivity index (χ3v) is 3.06. The Morgan fingerprint density at radius 2 is 1.94 bits per heavy atom. The zero-order chi connectivity index (χ0) is 11.5. The molecule has 2 rings (SSSR count). The minimum absolute atomic E-state index is 0.416. The summed E-state index contributed by atoms with van der Waals surface area (Å²) in [6.07, 6.45) is 9.32. The van der Waals surface area contributed by atoms with Crippen LogP contribution in [0.4, 0.5) is 0 Å². The summed E-state index contributed by atoms with van der Waals surface area (Å²) in [5.74, 6) is 0.841. The van der Waals surface area contributed by atoms with Gasteiger partial charge in [0, 0.05) is 24.1 Å². The first-order valence-electron chi connectivity index (χ1n) is 5.61. The molecule has 0 saturated heterocycles. The average Bonchev–Trinajstić information content (AvgIpc) is 2.26. The molecule has 0 aromatic rings. The summed E-state index contributed by atoms with van der Waals surface area (Å²) in [7, 11) is 0. The van der Waals surface area contributed by atoms with E-state index in [9.17, 15) is 10.2 Å². The Bertz CT molecular complexity index is 414. The van der Waals surface area contributed by atoms with Crippen LogP contribution >= 0.6 is 0 Å². The van der Waals surface area contributed by atoms with Crippen molar-refractivity contribution in [3.05, 3.63) is 46.6 Å². The number of aliphatic hydroxyl groups is 2. The summed E-state index contributed by atoms with van der Waals surface area (Å²) in [4.78, 5) is 0. The molecule has 0 bridgehead atoms. The maximum absolute atomic E-state index is 9.79. The van der Waals surface area contributed by atoms with Crippen LogP contribution in [0, 0.1) is 0 Å². The maximum atomic E-state index is 9.79. The highest BCUT2D eigenvalue weighted by atomic mass is 16.3. The quantitative estimate of drug-likeness (QED) is 0.668. The molecule has 2 aliphatic carbocycles. The lowest BCUT2D eigenvalue weighted by atomic mass is 9.91. The molecular formula is C13H17NO2. The van der Waals surface area contributed by atoms with Gasteiger partial charge in [-0.1, -0.05) is 17.7 Å². The summed E-state index contributed by atoms with van der Waals surface area (Å²) in [5, 5.41) is 19.0. The second-order valence-electron chi connectivity index (χ2n) is 4.28. The molecule has 0 radical (unpaired) electrons. The van der Waals surface area contributed by atoms with Crippen molar-refractivity contribution in [2.45, 2.75) is 32.1 Å². The van der Waals surface area contributed by atoms with Crippen LogP contribution < -0.4 is 5.73 Å². The van der Waals surface area contributed by atoms with Crippen LogP contribution in [-0.2, 0) is 0 Å². The van der Waals surface area contributed by atoms with Crippen LogP contribution in [0.3, 0.4) is 0 Å². The topological polar surface area (TPSA) is 66.5 Å². The third kappa shape index (κ3) is 2.30. The second kappa shape index (κ2) is 4.47. The Hall–Kier alpha value is -1.64. The molecule has 0 fully saturated rings. The van der Waals surface area contributed by atoms with Gasteiger partial charge in [0.1, 0.15) is 0 Å². The Morgan fingerprint density at radius 1 is 1.12 bits per heavy atom. The zero-order valence-corrected chi connectivity index (χ0v) is 9.24. The van der Waals surface area contributed by atoms with Crippen molar-refractivity contribution < 1.29 is 10.2 Å². The van der Waals surface area contributed by atoms with Crippen LogP contribution in [-0.4, -0.2) is 10.2 Å². The highest BCUT2D eigenvalue weighted by molar-refractivity contribution is 5.38. The van der Waals surface area contributed by atoms with Gasteiger partial charge in [0.25, 0.3) is 0 Å². The van der Waals surface area contributed by atoms with Gasteiger partial charge in [-0.05, 0) is 25.3 Å². The standard InChI is InChI=1S/C13H17NO2/c14-12-2-1-3-13(16)11(12)8-9-4-6-10(15)7-5-9/h2,4,6,15-16H,1,3,5,7-8,14H2. The number of hydrogen-bond donors (Lipinski definition) is 3. The largest absolute Gasteiger partial charge is 0.512 e. The van der Waals surface area contributed by atoms with E-state index in [1.807, 2.05) is 12.2 Å². The van der Waals surface area contributed by atoms with Crippen molar-refractivity contribution in [3.63, 3.8) is 0 Å². The summed E-state index contributed by atoms with van der Waals surface area (Å²) >= 11 is 0. The predicted molar refractivity (Wildman–Crippen MR) is 63.8 cm³/mol. The number of nitrogens with two attached hydrogens (primary N) is 1. The highest BCUT2D eigenvalue weighted by Crippen LogP contribution is 2.29. The first kappa shape index (κ1) is 10.9. The van der Waals surface area contributed by atoms with Gasteiger partial charge < -0.3 is 15.9 Å². The fourth-order valence-electron chi connectivity index (χ4n) is 2.05. The molecule has 0 unspecified atom stereocenters. The molecule has 0 heterocycles. The van der Waals surface area contributed by atoms with Crippen molar-refractivity contribution in [3.8, 4) is 0 Å². The average molecular weight is 219 g/mol. The van der Waals surface area contributed by atoms with Gasteiger partial charge in [0.2, 0.25) is 0 Å². The molecule has 0 aromatic heterocycles. The van der Waals surface area contributed by atoms with E-state index in [4.69, 9.17) is 5.73 Å². The third-order valence-electron chi connectivity index (χ3n) is 3.06. The first-order valence-corrected chi connectivity index (χ1v) is 5.61. The zero-order valence-electron chi connectivity index (χ0n) is 9.24. The molecule has 0 saturated carbocycles. The predicted octanol–water partition coefficient (Wildman–Crippen LogP) is 2.99. The van der Waals surface area contributed by atoms with E-state index >= 15 is 0 Å². The fourth-order valence-corrected chi connectivity index (χ4v) is 2.05. The second-order valence-corrected chi connectivity index (χ2v) is 4.28. The number of allylic oxidation sites excluding steroid dienone is 7. The molecule has 86 valence electrons. The van der Waals surface area contributed by atoms with E-state index in [0.29, 0.717) is 36.5 Å². The fraction of sp³-hybridized carbons (Fsp3) is 0.385. The van der Waals surface area contributed by atoms with E-state index < -0.39 is 0 Å². The Labute approximate surface area is 95.3 Å². The highest BCUT2D eigenvalue weighted by Gasteiger charge is 2.15. The van der Waals surface area contributed by atoms with Gasteiger partial charge in [-0.2, -0.15) is 0 Å². The van der Waals surface area contributed by atoms with E-state index in [1.165, 1.54) is 5.57 Å². The number of hydrogen-bond acceptors (Lipinski definition) is 3. The molecule has 4 N–H and O–H groups in total. The molecular weight excluding hydrogens is 202 g/mol. The SMILES string of the molecule is NC1=CCCC(O)=C1CC1=CC=C(O)CC1. The minimum Gasteiger partial charge on any atom is -0.512 e. The van der Waals surface area contributed by atoms with Crippen molar-refractivity contribution in [1.82, 2.24) is 0 Å². The number of aliphatic hydroxyl groups excluding tert-OH is 2. The summed E-state index contributed by atoms with van der Waals surface area (Å²) < 4.78 is 0. The normalized spacial score (nSPS) is 21.4. The van der Waals surface area contributed by atoms with Crippen LogP contribution in [0.2, 0.25) is 0 Å². The van der Waals surface area contributed by atoms with Crippen LogP contribution in [0.1, 0.15) is 32.1 Å². The Kier molecular flexibility index (Phi) is 3.04. The minimum atomic E-state index is 0.416. The lowest BCUT2D eigenvalue weighted by Gasteiger charge is -2.18. The van der Waals surface area contributed by atoms with Crippen molar-refractivity contribution in [1.29, 1.82) is 0 Å². The molecule has 16 heavy (non-hydrogen) atoms.